The highest BCUT2D eigenvalue weighted by atomic mass is 16.2. The van der Waals surface area contributed by atoms with Gasteiger partial charge in [0.25, 0.3) is 5.91 Å². The van der Waals surface area contributed by atoms with Gasteiger partial charge >= 0.3 is 0 Å². The van der Waals surface area contributed by atoms with Gasteiger partial charge in [-0.2, -0.15) is 5.10 Å². The Labute approximate surface area is 168 Å². The lowest BCUT2D eigenvalue weighted by Gasteiger charge is -2.25. The summed E-state index contributed by atoms with van der Waals surface area (Å²) in [5.41, 5.74) is 2.78. The van der Waals surface area contributed by atoms with Gasteiger partial charge < -0.3 is 10.3 Å². The summed E-state index contributed by atoms with van der Waals surface area (Å²) in [7, 11) is 0. The molecule has 1 aliphatic rings. The van der Waals surface area contributed by atoms with Crippen LogP contribution in [-0.4, -0.2) is 27.5 Å². The molecule has 2 N–H and O–H groups in total. The summed E-state index contributed by atoms with van der Waals surface area (Å²) in [4.78, 5) is 33.2. The van der Waals surface area contributed by atoms with E-state index in [1.807, 2.05) is 56.3 Å². The molecule has 2 aromatic carbocycles. The van der Waals surface area contributed by atoms with Crippen molar-refractivity contribution in [3.8, 4) is 0 Å². The average molecular weight is 389 g/mol. The average Bonchev–Trinajstić information content (AvgIpc) is 3.16. The van der Waals surface area contributed by atoms with Crippen LogP contribution in [0.2, 0.25) is 0 Å². The molecular weight excluding hydrogens is 366 g/mol. The summed E-state index contributed by atoms with van der Waals surface area (Å²) in [6.45, 7) is 4.06. The van der Waals surface area contributed by atoms with Gasteiger partial charge in [-0.3, -0.25) is 9.59 Å². The number of aromatic nitrogens is 2. The van der Waals surface area contributed by atoms with E-state index in [4.69, 9.17) is 0 Å². The first kappa shape index (κ1) is 18.9. The molecule has 1 aliphatic heterocycles. The number of benzene rings is 2. The maximum absolute atomic E-state index is 13.0. The van der Waals surface area contributed by atoms with Crippen molar-refractivity contribution in [2.24, 2.45) is 11.0 Å². The Morgan fingerprint density at radius 3 is 2.52 bits per heavy atom. The van der Waals surface area contributed by atoms with Crippen LogP contribution >= 0.6 is 0 Å². The number of anilines is 1. The number of nitrogens with one attached hydrogen (secondary N) is 2. The molecule has 2 amide bonds. The Bertz CT molecular complexity index is 1040. The summed E-state index contributed by atoms with van der Waals surface area (Å²) < 4.78 is 0. The Morgan fingerprint density at radius 1 is 1.07 bits per heavy atom. The Kier molecular flexibility index (Phi) is 5.12. The molecular formula is C22H23N5O2. The first-order valence-electron chi connectivity index (χ1n) is 9.74. The zero-order valence-electron chi connectivity index (χ0n) is 16.4. The van der Waals surface area contributed by atoms with Gasteiger partial charge in [0.15, 0.2) is 0 Å². The summed E-state index contributed by atoms with van der Waals surface area (Å²) in [6, 6.07) is 16.6. The molecule has 0 saturated heterocycles. The van der Waals surface area contributed by atoms with Gasteiger partial charge in [-0.25, -0.2) is 9.99 Å². The summed E-state index contributed by atoms with van der Waals surface area (Å²) in [5.74, 6) is 0.431. The van der Waals surface area contributed by atoms with E-state index in [1.54, 1.807) is 12.1 Å². The molecule has 4 rings (SSSR count). The number of carbonyl (C=O) groups is 2. The second kappa shape index (κ2) is 7.87. The monoisotopic (exact) mass is 389 g/mol. The van der Waals surface area contributed by atoms with Gasteiger partial charge in [-0.1, -0.05) is 44.2 Å². The van der Waals surface area contributed by atoms with Crippen molar-refractivity contribution in [3.63, 3.8) is 0 Å². The Morgan fingerprint density at radius 2 is 1.79 bits per heavy atom. The number of amides is 2. The molecule has 0 bridgehead atoms. The van der Waals surface area contributed by atoms with Crippen molar-refractivity contribution in [3.05, 3.63) is 60.4 Å². The number of fused-ring (bicyclic) bond motifs is 1. The van der Waals surface area contributed by atoms with E-state index in [0.717, 1.165) is 11.0 Å². The molecule has 0 aliphatic carbocycles. The minimum absolute atomic E-state index is 0.120. The standard InChI is InChI=1S/C22H23N5O2/c1-14(2)20(21-23-16-10-6-7-11-17(16)24-21)25-22(29)18-12-13-19(28)27(26-18)15-8-4-3-5-9-15/h3-11,14,20H,12-13H2,1-2H3,(H,23,24)(H,25,29). The van der Waals surface area contributed by atoms with Gasteiger partial charge in [-0.05, 0) is 30.2 Å². The number of hydrogen-bond acceptors (Lipinski definition) is 4. The predicted molar refractivity (Wildman–Crippen MR) is 112 cm³/mol. The third-order valence-electron chi connectivity index (χ3n) is 4.95. The molecule has 1 atom stereocenters. The normalized spacial score (nSPS) is 15.5. The summed E-state index contributed by atoms with van der Waals surface area (Å²) in [5, 5.41) is 8.70. The van der Waals surface area contributed by atoms with Gasteiger partial charge in [0.2, 0.25) is 5.91 Å². The van der Waals surface area contributed by atoms with Crippen molar-refractivity contribution in [2.45, 2.75) is 32.7 Å². The van der Waals surface area contributed by atoms with Crippen LogP contribution in [0.5, 0.6) is 0 Å². The van der Waals surface area contributed by atoms with Gasteiger partial charge in [0, 0.05) is 12.8 Å². The number of aromatic amines is 1. The minimum Gasteiger partial charge on any atom is -0.341 e. The lowest BCUT2D eigenvalue weighted by molar-refractivity contribution is -0.119. The molecule has 29 heavy (non-hydrogen) atoms. The molecule has 3 aromatic rings. The lowest BCUT2D eigenvalue weighted by atomic mass is 10.0. The highest BCUT2D eigenvalue weighted by molar-refractivity contribution is 6.40. The number of H-pyrrole nitrogens is 1. The minimum atomic E-state index is -0.291. The van der Waals surface area contributed by atoms with Crippen LogP contribution in [-0.2, 0) is 9.59 Å². The van der Waals surface area contributed by atoms with Crippen LogP contribution in [0.1, 0.15) is 38.6 Å². The number of rotatable bonds is 5. The van der Waals surface area contributed by atoms with E-state index < -0.39 is 0 Å². The fourth-order valence-corrected chi connectivity index (χ4v) is 3.38. The molecule has 0 radical (unpaired) electrons. The van der Waals surface area contributed by atoms with Crippen LogP contribution in [0.3, 0.4) is 0 Å². The van der Waals surface area contributed by atoms with Crippen LogP contribution in [0.4, 0.5) is 5.69 Å². The van der Waals surface area contributed by atoms with Crippen molar-refractivity contribution in [1.29, 1.82) is 0 Å². The lowest BCUT2D eigenvalue weighted by Crippen LogP contribution is -2.41. The van der Waals surface area contributed by atoms with Crippen molar-refractivity contribution in [1.82, 2.24) is 15.3 Å². The van der Waals surface area contributed by atoms with E-state index >= 15 is 0 Å². The van der Waals surface area contributed by atoms with Crippen molar-refractivity contribution >= 4 is 34.2 Å². The van der Waals surface area contributed by atoms with Crippen LogP contribution in [0.15, 0.2) is 59.7 Å². The first-order valence-corrected chi connectivity index (χ1v) is 9.74. The molecule has 148 valence electrons. The van der Waals surface area contributed by atoms with E-state index in [9.17, 15) is 9.59 Å². The first-order chi connectivity index (χ1) is 14.0. The molecule has 0 fully saturated rings. The number of hydrogen-bond donors (Lipinski definition) is 2. The van der Waals surface area contributed by atoms with E-state index in [2.05, 4.69) is 20.4 Å². The molecule has 7 nitrogen and oxygen atoms in total. The highest BCUT2D eigenvalue weighted by Gasteiger charge is 2.28. The zero-order chi connectivity index (χ0) is 20.4. The van der Waals surface area contributed by atoms with Crippen molar-refractivity contribution in [2.75, 3.05) is 5.01 Å². The van der Waals surface area contributed by atoms with Gasteiger partial charge in [-0.15, -0.1) is 0 Å². The topological polar surface area (TPSA) is 90.4 Å². The zero-order valence-corrected chi connectivity index (χ0v) is 16.4. The SMILES string of the molecule is CC(C)C(NC(=O)C1=NN(c2ccccc2)C(=O)CC1)c1nc2ccccc2[nH]1. The quantitative estimate of drug-likeness (QED) is 0.699. The second-order valence-corrected chi connectivity index (χ2v) is 7.42. The fraction of sp³-hybridized carbons (Fsp3) is 0.273. The number of carbonyl (C=O) groups excluding carboxylic acids is 2. The molecule has 1 unspecified atom stereocenters. The largest absolute Gasteiger partial charge is 0.341 e. The van der Waals surface area contributed by atoms with E-state index in [1.165, 1.54) is 5.01 Å². The molecule has 0 saturated carbocycles. The number of imidazole rings is 1. The third kappa shape index (κ3) is 3.89. The number of para-hydroxylation sites is 3. The number of hydrazone groups is 1. The second-order valence-electron chi connectivity index (χ2n) is 7.42. The van der Waals surface area contributed by atoms with E-state index in [0.29, 0.717) is 23.6 Å². The summed E-state index contributed by atoms with van der Waals surface area (Å²) in [6.07, 6.45) is 0.567. The smallest absolute Gasteiger partial charge is 0.268 e. The molecule has 7 heteroatoms. The van der Waals surface area contributed by atoms with Gasteiger partial charge in [0.05, 0.1) is 22.8 Å². The van der Waals surface area contributed by atoms with Crippen LogP contribution < -0.4 is 10.3 Å². The predicted octanol–water partition coefficient (Wildman–Crippen LogP) is 3.56. The maximum atomic E-state index is 13.0. The van der Waals surface area contributed by atoms with E-state index in [-0.39, 0.29) is 30.2 Å². The number of nitrogens with zero attached hydrogens (tertiary/aromatic N) is 3. The summed E-state index contributed by atoms with van der Waals surface area (Å²) >= 11 is 0. The molecule has 1 aromatic heterocycles. The van der Waals surface area contributed by atoms with Crippen LogP contribution in [0, 0.1) is 5.92 Å². The Hall–Kier alpha value is -3.48. The van der Waals surface area contributed by atoms with Gasteiger partial charge in [0.1, 0.15) is 11.5 Å². The Balaban J connectivity index is 1.58. The maximum Gasteiger partial charge on any atom is 0.268 e. The molecule has 0 spiro atoms. The van der Waals surface area contributed by atoms with Crippen LogP contribution in [0.25, 0.3) is 11.0 Å². The van der Waals surface area contributed by atoms with Crippen molar-refractivity contribution < 1.29 is 9.59 Å². The fourth-order valence-electron chi connectivity index (χ4n) is 3.38. The third-order valence-corrected chi connectivity index (χ3v) is 4.95. The molecule has 2 heterocycles. The highest BCUT2D eigenvalue weighted by Crippen LogP contribution is 2.24.